The number of likely N-dealkylation sites (tertiary alicyclic amines) is 1. The maximum absolute atomic E-state index is 12.1. The van der Waals surface area contributed by atoms with E-state index in [-0.39, 0.29) is 18.3 Å². The molecule has 174 valence electrons. The van der Waals surface area contributed by atoms with Crippen molar-refractivity contribution in [3.8, 4) is 11.4 Å². The van der Waals surface area contributed by atoms with Gasteiger partial charge in [0.2, 0.25) is 17.6 Å². The van der Waals surface area contributed by atoms with Crippen molar-refractivity contribution in [3.63, 3.8) is 0 Å². The molecule has 2 heterocycles. The second-order valence-electron chi connectivity index (χ2n) is 8.43. The van der Waals surface area contributed by atoms with Crippen molar-refractivity contribution >= 4 is 12.0 Å². The highest BCUT2D eigenvalue weighted by molar-refractivity contribution is 5.86. The maximum Gasteiger partial charge on any atom is 0.407 e. The van der Waals surface area contributed by atoms with Gasteiger partial charge in [-0.2, -0.15) is 4.98 Å². The topological polar surface area (TPSA) is 109 Å². The van der Waals surface area contributed by atoms with Gasteiger partial charge >= 0.3 is 6.09 Å². The zero-order valence-electron chi connectivity index (χ0n) is 18.9. The third kappa shape index (κ3) is 6.80. The first-order valence-electron chi connectivity index (χ1n) is 11.8. The number of carbonyl (C=O) groups excluding carboxylic acids is 1. The molecule has 0 unspecified atom stereocenters. The fourth-order valence-corrected chi connectivity index (χ4v) is 3.90. The minimum Gasteiger partial charge on any atom is -0.465 e. The Bertz CT molecular complexity index is 865. The van der Waals surface area contributed by atoms with Gasteiger partial charge in [0, 0.05) is 12.1 Å². The van der Waals surface area contributed by atoms with E-state index in [2.05, 4.69) is 34.5 Å². The van der Waals surface area contributed by atoms with Crippen LogP contribution < -0.4 is 5.32 Å². The molecule has 3 rings (SSSR count). The Labute approximate surface area is 189 Å². The molecule has 32 heavy (non-hydrogen) atoms. The molecule has 1 fully saturated rings. The number of hydrogen-bond donors (Lipinski definition) is 2. The number of aryl methyl sites for hydroxylation is 1. The standard InChI is InChI=1S/C24H34N4O4/c1-2-3-4-5-6-7-8-9-10-18-11-13-19(14-12-18)22-26-21(32-27-22)17-25-23(29)20-15-16-28(20)24(30)31/h11-14,20H,2-10,15-17H2,1H3,(H,25,29)(H,30,31)/t20-/m0/s1. The summed E-state index contributed by atoms with van der Waals surface area (Å²) in [6.45, 7) is 2.70. The molecule has 0 radical (unpaired) electrons. The van der Waals surface area contributed by atoms with Crippen molar-refractivity contribution in [3.05, 3.63) is 35.7 Å². The summed E-state index contributed by atoms with van der Waals surface area (Å²) in [6, 6.07) is 7.55. The van der Waals surface area contributed by atoms with Gasteiger partial charge in [0.15, 0.2) is 0 Å². The number of carbonyl (C=O) groups is 2. The number of benzene rings is 1. The molecule has 1 aliphatic heterocycles. The van der Waals surface area contributed by atoms with E-state index in [1.807, 2.05) is 12.1 Å². The number of nitrogens with zero attached hydrogens (tertiary/aromatic N) is 3. The maximum atomic E-state index is 12.1. The molecule has 1 atom stereocenters. The van der Waals surface area contributed by atoms with Crippen LogP contribution >= 0.6 is 0 Å². The highest BCUT2D eigenvalue weighted by Gasteiger charge is 2.37. The minimum atomic E-state index is -1.08. The van der Waals surface area contributed by atoms with Crippen LogP contribution in [0, 0.1) is 0 Å². The summed E-state index contributed by atoms with van der Waals surface area (Å²) in [5.41, 5.74) is 2.17. The van der Waals surface area contributed by atoms with Crippen LogP contribution in [-0.2, 0) is 17.8 Å². The number of nitrogens with one attached hydrogen (secondary N) is 1. The van der Waals surface area contributed by atoms with Gasteiger partial charge in [-0.15, -0.1) is 0 Å². The Morgan fingerprint density at radius 1 is 1.09 bits per heavy atom. The Hall–Kier alpha value is -2.90. The van der Waals surface area contributed by atoms with Gasteiger partial charge in [-0.05, 0) is 24.8 Å². The summed E-state index contributed by atoms with van der Waals surface area (Å²) in [4.78, 5) is 28.5. The number of unbranched alkanes of at least 4 members (excludes halogenated alkanes) is 7. The summed E-state index contributed by atoms with van der Waals surface area (Å²) in [7, 11) is 0. The van der Waals surface area contributed by atoms with Crippen LogP contribution in [-0.4, -0.2) is 44.7 Å². The molecule has 2 amide bonds. The molecule has 8 nitrogen and oxygen atoms in total. The van der Waals surface area contributed by atoms with Gasteiger partial charge in [0.1, 0.15) is 6.04 Å². The van der Waals surface area contributed by atoms with Crippen molar-refractivity contribution in [2.45, 2.75) is 83.7 Å². The summed E-state index contributed by atoms with van der Waals surface area (Å²) in [6.07, 6.45) is 11.1. The quantitative estimate of drug-likeness (QED) is 0.432. The monoisotopic (exact) mass is 442 g/mol. The number of hydrogen-bond acceptors (Lipinski definition) is 5. The lowest BCUT2D eigenvalue weighted by Gasteiger charge is -2.37. The Morgan fingerprint density at radius 3 is 2.41 bits per heavy atom. The van der Waals surface area contributed by atoms with Crippen LogP contribution in [0.5, 0.6) is 0 Å². The Morgan fingerprint density at radius 2 is 1.78 bits per heavy atom. The molecule has 1 aromatic carbocycles. The van der Waals surface area contributed by atoms with E-state index in [1.165, 1.54) is 56.9 Å². The first-order valence-corrected chi connectivity index (χ1v) is 11.8. The van der Waals surface area contributed by atoms with Crippen LogP contribution in [0.2, 0.25) is 0 Å². The van der Waals surface area contributed by atoms with Crippen LogP contribution in [0.1, 0.15) is 76.2 Å². The van der Waals surface area contributed by atoms with Crippen LogP contribution in [0.3, 0.4) is 0 Å². The Kier molecular flexibility index (Phi) is 9.07. The summed E-state index contributed by atoms with van der Waals surface area (Å²) in [5, 5.41) is 15.7. The molecule has 0 aliphatic carbocycles. The highest BCUT2D eigenvalue weighted by Crippen LogP contribution is 2.19. The zero-order chi connectivity index (χ0) is 22.8. The first-order chi connectivity index (χ1) is 15.6. The van der Waals surface area contributed by atoms with Crippen molar-refractivity contribution in [1.82, 2.24) is 20.4 Å². The lowest BCUT2D eigenvalue weighted by atomic mass is 10.0. The average Bonchev–Trinajstić information content (AvgIpc) is 3.22. The fourth-order valence-electron chi connectivity index (χ4n) is 3.90. The summed E-state index contributed by atoms with van der Waals surface area (Å²) >= 11 is 0. The van der Waals surface area contributed by atoms with Gasteiger partial charge in [0.25, 0.3) is 0 Å². The lowest BCUT2D eigenvalue weighted by molar-refractivity contribution is -0.129. The summed E-state index contributed by atoms with van der Waals surface area (Å²) in [5.74, 6) is 0.421. The van der Waals surface area contributed by atoms with Crippen molar-refractivity contribution in [2.24, 2.45) is 0 Å². The second-order valence-corrected chi connectivity index (χ2v) is 8.43. The number of rotatable bonds is 13. The van der Waals surface area contributed by atoms with E-state index < -0.39 is 12.1 Å². The van der Waals surface area contributed by atoms with E-state index >= 15 is 0 Å². The molecular weight excluding hydrogens is 408 g/mol. The van der Waals surface area contributed by atoms with Crippen molar-refractivity contribution in [2.75, 3.05) is 6.54 Å². The molecule has 0 spiro atoms. The minimum absolute atomic E-state index is 0.0757. The molecule has 1 aromatic heterocycles. The van der Waals surface area contributed by atoms with Crippen molar-refractivity contribution in [1.29, 1.82) is 0 Å². The average molecular weight is 443 g/mol. The van der Waals surface area contributed by atoms with E-state index in [4.69, 9.17) is 9.63 Å². The predicted molar refractivity (Wildman–Crippen MR) is 121 cm³/mol. The molecule has 8 heteroatoms. The van der Waals surface area contributed by atoms with E-state index in [0.717, 1.165) is 16.9 Å². The molecular formula is C24H34N4O4. The summed E-state index contributed by atoms with van der Waals surface area (Å²) < 4.78 is 5.23. The van der Waals surface area contributed by atoms with E-state index in [0.29, 0.717) is 18.8 Å². The Balaban J connectivity index is 1.38. The zero-order valence-corrected chi connectivity index (χ0v) is 18.9. The van der Waals surface area contributed by atoms with Crippen LogP contribution in [0.4, 0.5) is 4.79 Å². The largest absolute Gasteiger partial charge is 0.465 e. The van der Waals surface area contributed by atoms with Gasteiger partial charge in [-0.1, -0.05) is 81.3 Å². The van der Waals surface area contributed by atoms with Gasteiger partial charge in [0.05, 0.1) is 6.54 Å². The SMILES string of the molecule is CCCCCCCCCCc1ccc(-c2noc(CNC(=O)[C@@H]3CCN3C(=O)O)n2)cc1. The van der Waals surface area contributed by atoms with Gasteiger partial charge in [-0.3, -0.25) is 9.69 Å². The van der Waals surface area contributed by atoms with Crippen LogP contribution in [0.15, 0.2) is 28.8 Å². The smallest absolute Gasteiger partial charge is 0.407 e. The normalized spacial score (nSPS) is 15.4. The lowest BCUT2D eigenvalue weighted by Crippen LogP contribution is -2.57. The van der Waals surface area contributed by atoms with Crippen LogP contribution in [0.25, 0.3) is 11.4 Å². The third-order valence-electron chi connectivity index (χ3n) is 5.98. The molecule has 0 bridgehead atoms. The highest BCUT2D eigenvalue weighted by atomic mass is 16.5. The molecule has 1 saturated heterocycles. The number of carboxylic acid groups (broad SMARTS) is 1. The van der Waals surface area contributed by atoms with Gasteiger partial charge in [-0.25, -0.2) is 4.79 Å². The third-order valence-corrected chi connectivity index (χ3v) is 5.98. The number of amides is 2. The number of aromatic nitrogens is 2. The molecule has 0 saturated carbocycles. The van der Waals surface area contributed by atoms with Gasteiger partial charge < -0.3 is 14.9 Å². The molecule has 2 N–H and O–H groups in total. The molecule has 2 aromatic rings. The second kappa shape index (κ2) is 12.2. The molecule has 1 aliphatic rings. The predicted octanol–water partition coefficient (Wildman–Crippen LogP) is 4.79. The van der Waals surface area contributed by atoms with E-state index in [9.17, 15) is 9.59 Å². The van der Waals surface area contributed by atoms with E-state index in [1.54, 1.807) is 0 Å². The first kappa shape index (κ1) is 23.8. The fraction of sp³-hybridized carbons (Fsp3) is 0.583. The van der Waals surface area contributed by atoms with Crippen molar-refractivity contribution < 1.29 is 19.2 Å².